The van der Waals surface area contributed by atoms with Gasteiger partial charge < -0.3 is 19.5 Å². The van der Waals surface area contributed by atoms with Crippen molar-refractivity contribution in [3.8, 4) is 5.88 Å². The van der Waals surface area contributed by atoms with Crippen molar-refractivity contribution >= 4 is 11.6 Å². The molecule has 25 heavy (non-hydrogen) atoms. The number of hydrogen-bond donors (Lipinski definition) is 1. The van der Waals surface area contributed by atoms with E-state index in [1.165, 1.54) is 0 Å². The molecule has 1 N–H and O–H groups in total. The van der Waals surface area contributed by atoms with Gasteiger partial charge >= 0.3 is 0 Å². The second-order valence-corrected chi connectivity index (χ2v) is 6.68. The Morgan fingerprint density at radius 1 is 1.40 bits per heavy atom. The van der Waals surface area contributed by atoms with E-state index in [9.17, 15) is 4.79 Å². The highest BCUT2D eigenvalue weighted by molar-refractivity contribution is 5.97. The summed E-state index contributed by atoms with van der Waals surface area (Å²) in [5.74, 6) is 0.930. The third-order valence-electron chi connectivity index (χ3n) is 4.75. The number of aromatic nitrogens is 1. The molecule has 0 aromatic carbocycles. The van der Waals surface area contributed by atoms with Crippen LogP contribution < -0.4 is 10.1 Å². The molecule has 1 amide bonds. The first kappa shape index (κ1) is 19.7. The van der Waals surface area contributed by atoms with Gasteiger partial charge in [-0.3, -0.25) is 4.79 Å². The molecule has 6 nitrogen and oxygen atoms in total. The van der Waals surface area contributed by atoms with Crippen LogP contribution in [0, 0.1) is 12.8 Å². The van der Waals surface area contributed by atoms with Crippen LogP contribution in [0.25, 0.3) is 0 Å². The molecule has 1 heterocycles. The van der Waals surface area contributed by atoms with E-state index in [1.54, 1.807) is 13.2 Å². The van der Waals surface area contributed by atoms with Crippen LogP contribution in [0.2, 0.25) is 0 Å². The Morgan fingerprint density at radius 2 is 2.20 bits per heavy atom. The maximum atomic E-state index is 12.8. The second kappa shape index (κ2) is 9.15. The number of carbonyl (C=O) groups excluding carboxylic acids is 1. The summed E-state index contributed by atoms with van der Waals surface area (Å²) in [5.41, 5.74) is 0.672. The molecule has 2 rings (SSSR count). The van der Waals surface area contributed by atoms with Gasteiger partial charge in [-0.15, -0.1) is 0 Å². The third-order valence-corrected chi connectivity index (χ3v) is 4.75. The SMILES string of the molecule is CCOCCOc1ccc(NC(=O)[C@]2(OC)CCC[C@@H](C)C2)c(C)n1. The molecule has 1 aromatic heterocycles. The Morgan fingerprint density at radius 3 is 2.84 bits per heavy atom. The van der Waals surface area contributed by atoms with E-state index in [2.05, 4.69) is 17.2 Å². The monoisotopic (exact) mass is 350 g/mol. The number of carbonyl (C=O) groups is 1. The maximum Gasteiger partial charge on any atom is 0.256 e. The molecule has 0 spiro atoms. The van der Waals surface area contributed by atoms with Crippen molar-refractivity contribution in [1.29, 1.82) is 0 Å². The highest BCUT2D eigenvalue weighted by Crippen LogP contribution is 2.36. The Kier molecular flexibility index (Phi) is 7.20. The molecule has 1 aliphatic rings. The standard InChI is InChI=1S/C19H30N2O4/c1-5-24-11-12-25-17-9-8-16(15(3)20-17)21-18(22)19(23-4)10-6-7-14(2)13-19/h8-9,14H,5-7,10-13H2,1-4H3,(H,21,22)/t14-,19+/m1/s1. The first-order valence-corrected chi connectivity index (χ1v) is 9.05. The average molecular weight is 350 g/mol. The predicted octanol–water partition coefficient (Wildman–Crippen LogP) is 3.34. The first-order valence-electron chi connectivity index (χ1n) is 9.05. The van der Waals surface area contributed by atoms with Crippen molar-refractivity contribution in [2.45, 2.75) is 52.1 Å². The number of anilines is 1. The molecular formula is C19H30N2O4. The number of pyridine rings is 1. The summed E-state index contributed by atoms with van der Waals surface area (Å²) in [6.45, 7) is 7.62. The summed E-state index contributed by atoms with van der Waals surface area (Å²) in [6, 6.07) is 3.59. The molecule has 140 valence electrons. The number of ether oxygens (including phenoxy) is 3. The van der Waals surface area contributed by atoms with Crippen molar-refractivity contribution in [3.63, 3.8) is 0 Å². The highest BCUT2D eigenvalue weighted by atomic mass is 16.5. The molecule has 0 saturated heterocycles. The number of amides is 1. The molecule has 1 aliphatic carbocycles. The fourth-order valence-corrected chi connectivity index (χ4v) is 3.32. The minimum absolute atomic E-state index is 0.0866. The summed E-state index contributed by atoms with van der Waals surface area (Å²) in [4.78, 5) is 17.2. The number of methoxy groups -OCH3 is 1. The Balaban J connectivity index is 2.00. The van der Waals surface area contributed by atoms with Gasteiger partial charge in [-0.25, -0.2) is 4.98 Å². The Hall–Kier alpha value is -1.66. The predicted molar refractivity (Wildman–Crippen MR) is 97.0 cm³/mol. The smallest absolute Gasteiger partial charge is 0.256 e. The minimum Gasteiger partial charge on any atom is -0.475 e. The molecule has 1 saturated carbocycles. The molecule has 2 atom stereocenters. The molecule has 1 aromatic rings. The fourth-order valence-electron chi connectivity index (χ4n) is 3.32. The number of aryl methyl sites for hydroxylation is 1. The van der Waals surface area contributed by atoms with E-state index in [4.69, 9.17) is 14.2 Å². The topological polar surface area (TPSA) is 69.7 Å². The molecule has 0 unspecified atom stereocenters. The normalized spacial score (nSPS) is 23.3. The zero-order valence-electron chi connectivity index (χ0n) is 15.8. The van der Waals surface area contributed by atoms with Crippen molar-refractivity contribution in [1.82, 2.24) is 4.98 Å². The van der Waals surface area contributed by atoms with E-state index in [0.29, 0.717) is 37.3 Å². The highest BCUT2D eigenvalue weighted by Gasteiger charge is 2.42. The summed E-state index contributed by atoms with van der Waals surface area (Å²) < 4.78 is 16.4. The fraction of sp³-hybridized carbons (Fsp3) is 0.684. The Bertz CT molecular complexity index is 579. The van der Waals surface area contributed by atoms with Crippen molar-refractivity contribution in [2.75, 3.05) is 32.2 Å². The Labute approximate surface area is 150 Å². The number of nitrogens with zero attached hydrogens (tertiary/aromatic N) is 1. The second-order valence-electron chi connectivity index (χ2n) is 6.68. The van der Waals surface area contributed by atoms with E-state index in [-0.39, 0.29) is 5.91 Å². The zero-order chi connectivity index (χ0) is 18.3. The van der Waals surface area contributed by atoms with Gasteiger partial charge in [0.2, 0.25) is 5.88 Å². The summed E-state index contributed by atoms with van der Waals surface area (Å²) in [5, 5.41) is 2.99. The van der Waals surface area contributed by atoms with Gasteiger partial charge in [0.05, 0.1) is 18.0 Å². The lowest BCUT2D eigenvalue weighted by Gasteiger charge is -2.37. The van der Waals surface area contributed by atoms with Crippen molar-refractivity contribution in [3.05, 3.63) is 17.8 Å². The molecule has 0 radical (unpaired) electrons. The van der Waals surface area contributed by atoms with Crippen LogP contribution >= 0.6 is 0 Å². The molecular weight excluding hydrogens is 320 g/mol. The van der Waals surface area contributed by atoms with Crippen LogP contribution in [0.4, 0.5) is 5.69 Å². The maximum absolute atomic E-state index is 12.8. The van der Waals surface area contributed by atoms with Gasteiger partial charge in [0.1, 0.15) is 12.2 Å². The summed E-state index contributed by atoms with van der Waals surface area (Å²) in [7, 11) is 1.62. The lowest BCUT2D eigenvalue weighted by molar-refractivity contribution is -0.143. The lowest BCUT2D eigenvalue weighted by Crippen LogP contribution is -2.48. The van der Waals surface area contributed by atoms with Crippen LogP contribution in [0.1, 0.15) is 45.2 Å². The van der Waals surface area contributed by atoms with E-state index in [1.807, 2.05) is 19.9 Å². The number of rotatable bonds is 8. The number of hydrogen-bond acceptors (Lipinski definition) is 5. The summed E-state index contributed by atoms with van der Waals surface area (Å²) in [6.07, 6.45) is 3.66. The summed E-state index contributed by atoms with van der Waals surface area (Å²) >= 11 is 0. The molecule has 6 heteroatoms. The van der Waals surface area contributed by atoms with E-state index in [0.717, 1.165) is 31.4 Å². The van der Waals surface area contributed by atoms with Crippen molar-refractivity contribution in [2.24, 2.45) is 5.92 Å². The average Bonchev–Trinajstić information content (AvgIpc) is 2.60. The lowest BCUT2D eigenvalue weighted by atomic mass is 9.78. The van der Waals surface area contributed by atoms with E-state index < -0.39 is 5.60 Å². The van der Waals surface area contributed by atoms with Gasteiger partial charge in [-0.1, -0.05) is 13.3 Å². The van der Waals surface area contributed by atoms with Gasteiger partial charge in [0, 0.05) is 19.8 Å². The minimum atomic E-state index is -0.739. The van der Waals surface area contributed by atoms with Crippen LogP contribution in [0.5, 0.6) is 5.88 Å². The van der Waals surface area contributed by atoms with Gasteiger partial charge in [0.25, 0.3) is 5.91 Å². The number of nitrogens with one attached hydrogen (secondary N) is 1. The van der Waals surface area contributed by atoms with Gasteiger partial charge in [0.15, 0.2) is 0 Å². The molecule has 0 aliphatic heterocycles. The van der Waals surface area contributed by atoms with Gasteiger partial charge in [-0.2, -0.15) is 0 Å². The van der Waals surface area contributed by atoms with Crippen molar-refractivity contribution < 1.29 is 19.0 Å². The van der Waals surface area contributed by atoms with Crippen LogP contribution in [-0.4, -0.2) is 43.4 Å². The zero-order valence-corrected chi connectivity index (χ0v) is 15.8. The van der Waals surface area contributed by atoms with Crippen LogP contribution in [-0.2, 0) is 14.3 Å². The quantitative estimate of drug-likeness (QED) is 0.728. The van der Waals surface area contributed by atoms with Gasteiger partial charge in [-0.05, 0) is 45.1 Å². The van der Waals surface area contributed by atoms with E-state index >= 15 is 0 Å². The molecule has 0 bridgehead atoms. The largest absolute Gasteiger partial charge is 0.475 e. The van der Waals surface area contributed by atoms with Crippen LogP contribution in [0.3, 0.4) is 0 Å². The molecule has 1 fully saturated rings. The first-order chi connectivity index (χ1) is 12.0. The van der Waals surface area contributed by atoms with Crippen LogP contribution in [0.15, 0.2) is 12.1 Å². The third kappa shape index (κ3) is 5.16.